The number of hydrogen-bond acceptors (Lipinski definition) is 4. The van der Waals surface area contributed by atoms with Gasteiger partial charge < -0.3 is 9.64 Å². The predicted octanol–water partition coefficient (Wildman–Crippen LogP) is 2.07. The maximum Gasteiger partial charge on any atom is 0.225 e. The van der Waals surface area contributed by atoms with Crippen LogP contribution in [0.2, 0.25) is 0 Å². The largest absolute Gasteiger partial charge is 0.379 e. The van der Waals surface area contributed by atoms with Gasteiger partial charge in [0.25, 0.3) is 0 Å². The van der Waals surface area contributed by atoms with Gasteiger partial charge in [-0.05, 0) is 19.3 Å². The van der Waals surface area contributed by atoms with Crippen molar-refractivity contribution in [1.29, 1.82) is 0 Å². The number of hydrogen-bond donors (Lipinski definition) is 0. The maximum absolute atomic E-state index is 12.7. The molecule has 2 fully saturated rings. The molecule has 1 aliphatic heterocycles. The third-order valence-corrected chi connectivity index (χ3v) is 4.72. The summed E-state index contributed by atoms with van der Waals surface area (Å²) in [7, 11) is 0. The fraction of sp³-hybridized carbons (Fsp3) is 0.706. The zero-order valence-electron chi connectivity index (χ0n) is 13.1. The first kappa shape index (κ1) is 15.4. The van der Waals surface area contributed by atoms with E-state index in [0.29, 0.717) is 25.0 Å². The van der Waals surface area contributed by atoms with E-state index in [-0.39, 0.29) is 5.92 Å². The molecule has 1 aromatic heterocycles. The summed E-state index contributed by atoms with van der Waals surface area (Å²) in [5.41, 5.74) is 0.975. The summed E-state index contributed by atoms with van der Waals surface area (Å²) in [5, 5.41) is 0. The van der Waals surface area contributed by atoms with Crippen LogP contribution in [0.25, 0.3) is 0 Å². The van der Waals surface area contributed by atoms with Gasteiger partial charge in [0.2, 0.25) is 5.91 Å². The molecule has 1 amide bonds. The summed E-state index contributed by atoms with van der Waals surface area (Å²) in [6.07, 6.45) is 11.8. The van der Waals surface area contributed by atoms with Crippen LogP contribution in [-0.4, -0.2) is 47.1 Å². The molecule has 0 bridgehead atoms. The first-order chi connectivity index (χ1) is 10.8. The topological polar surface area (TPSA) is 55.3 Å². The molecule has 3 rings (SSSR count). The Bertz CT molecular complexity index is 474. The Kier molecular flexibility index (Phi) is 5.38. The van der Waals surface area contributed by atoms with Crippen LogP contribution in [0.4, 0.5) is 0 Å². The minimum Gasteiger partial charge on any atom is -0.379 e. The molecule has 5 heteroatoms. The first-order valence-corrected chi connectivity index (χ1v) is 8.44. The molecular weight excluding hydrogens is 278 g/mol. The van der Waals surface area contributed by atoms with Crippen molar-refractivity contribution >= 4 is 5.91 Å². The fourth-order valence-electron chi connectivity index (χ4n) is 3.54. The first-order valence-electron chi connectivity index (χ1n) is 8.44. The van der Waals surface area contributed by atoms with Gasteiger partial charge in [0, 0.05) is 43.5 Å². The van der Waals surface area contributed by atoms with Crippen molar-refractivity contribution < 1.29 is 9.53 Å². The van der Waals surface area contributed by atoms with Crippen molar-refractivity contribution in [3.05, 3.63) is 24.3 Å². The average molecular weight is 303 g/mol. The number of carbonyl (C=O) groups is 1. The van der Waals surface area contributed by atoms with Crippen LogP contribution in [0, 0.1) is 11.8 Å². The van der Waals surface area contributed by atoms with Crippen molar-refractivity contribution in [3.63, 3.8) is 0 Å². The van der Waals surface area contributed by atoms with E-state index in [0.717, 1.165) is 38.0 Å². The zero-order chi connectivity index (χ0) is 15.2. The Labute approximate surface area is 132 Å². The molecule has 120 valence electrons. The molecule has 2 aliphatic rings. The normalized spacial score (nSPS) is 24.0. The molecule has 2 heterocycles. The molecule has 0 spiro atoms. The number of aromatic nitrogens is 2. The van der Waals surface area contributed by atoms with Crippen LogP contribution in [-0.2, 0) is 16.0 Å². The third kappa shape index (κ3) is 4.03. The average Bonchev–Trinajstić information content (AvgIpc) is 2.81. The Hall–Kier alpha value is -1.49. The molecule has 0 N–H and O–H groups in total. The number of ether oxygens (including phenoxy) is 1. The van der Waals surface area contributed by atoms with Gasteiger partial charge in [-0.25, -0.2) is 0 Å². The SMILES string of the molecule is O=C(C1CCCCC1)N1CCOCC(Cc2cnccn2)C1. The highest BCUT2D eigenvalue weighted by molar-refractivity contribution is 5.79. The lowest BCUT2D eigenvalue weighted by Gasteiger charge is -2.29. The van der Waals surface area contributed by atoms with Gasteiger partial charge in [-0.2, -0.15) is 0 Å². The van der Waals surface area contributed by atoms with Crippen molar-refractivity contribution in [3.8, 4) is 0 Å². The molecule has 0 radical (unpaired) electrons. The number of rotatable bonds is 3. The lowest BCUT2D eigenvalue weighted by molar-refractivity contribution is -0.137. The van der Waals surface area contributed by atoms with E-state index < -0.39 is 0 Å². The molecule has 5 nitrogen and oxygen atoms in total. The highest BCUT2D eigenvalue weighted by atomic mass is 16.5. The minimum absolute atomic E-state index is 0.240. The standard InChI is InChI=1S/C17H25N3O2/c21-17(15-4-2-1-3-5-15)20-8-9-22-13-14(12-20)10-16-11-18-6-7-19-16/h6-7,11,14-15H,1-5,8-10,12-13H2. The van der Waals surface area contributed by atoms with Crippen molar-refractivity contribution in [2.75, 3.05) is 26.3 Å². The van der Waals surface area contributed by atoms with Gasteiger partial charge in [0.15, 0.2) is 0 Å². The van der Waals surface area contributed by atoms with E-state index in [2.05, 4.69) is 9.97 Å². The van der Waals surface area contributed by atoms with Crippen LogP contribution in [0.3, 0.4) is 0 Å². The Morgan fingerprint density at radius 2 is 2.14 bits per heavy atom. The summed E-state index contributed by atoms with van der Waals surface area (Å²) in [6.45, 7) is 2.86. The molecule has 0 aromatic carbocycles. The van der Waals surface area contributed by atoms with Crippen LogP contribution in [0.5, 0.6) is 0 Å². The highest BCUT2D eigenvalue weighted by Crippen LogP contribution is 2.26. The summed E-state index contributed by atoms with van der Waals surface area (Å²) >= 11 is 0. The van der Waals surface area contributed by atoms with E-state index in [1.807, 2.05) is 4.90 Å². The van der Waals surface area contributed by atoms with Crippen LogP contribution in [0.15, 0.2) is 18.6 Å². The molecule has 1 saturated heterocycles. The molecule has 1 unspecified atom stereocenters. The molecule has 1 aliphatic carbocycles. The van der Waals surface area contributed by atoms with Gasteiger partial charge in [-0.1, -0.05) is 19.3 Å². The molecular formula is C17H25N3O2. The fourth-order valence-corrected chi connectivity index (χ4v) is 3.54. The van der Waals surface area contributed by atoms with Gasteiger partial charge in [-0.15, -0.1) is 0 Å². The Morgan fingerprint density at radius 3 is 2.91 bits per heavy atom. The third-order valence-electron chi connectivity index (χ3n) is 4.72. The number of nitrogens with zero attached hydrogens (tertiary/aromatic N) is 3. The second-order valence-corrected chi connectivity index (χ2v) is 6.46. The van der Waals surface area contributed by atoms with Crippen molar-refractivity contribution in [1.82, 2.24) is 14.9 Å². The minimum atomic E-state index is 0.240. The maximum atomic E-state index is 12.7. The van der Waals surface area contributed by atoms with Gasteiger partial charge in [-0.3, -0.25) is 14.8 Å². The molecule has 1 aromatic rings. The summed E-state index contributed by atoms with van der Waals surface area (Å²) in [5.74, 6) is 0.894. The van der Waals surface area contributed by atoms with Crippen LogP contribution < -0.4 is 0 Å². The van der Waals surface area contributed by atoms with Crippen molar-refractivity contribution in [2.24, 2.45) is 11.8 Å². The van der Waals surface area contributed by atoms with Gasteiger partial charge in [0.1, 0.15) is 0 Å². The van der Waals surface area contributed by atoms with Gasteiger partial charge >= 0.3 is 0 Å². The smallest absolute Gasteiger partial charge is 0.225 e. The molecule has 22 heavy (non-hydrogen) atoms. The van der Waals surface area contributed by atoms with E-state index in [9.17, 15) is 4.79 Å². The summed E-state index contributed by atoms with van der Waals surface area (Å²) in [6, 6.07) is 0. The van der Waals surface area contributed by atoms with Crippen LogP contribution in [0.1, 0.15) is 37.8 Å². The molecule has 1 saturated carbocycles. The monoisotopic (exact) mass is 303 g/mol. The lowest BCUT2D eigenvalue weighted by Crippen LogP contribution is -2.40. The Morgan fingerprint density at radius 1 is 1.27 bits per heavy atom. The van der Waals surface area contributed by atoms with E-state index >= 15 is 0 Å². The van der Waals surface area contributed by atoms with Gasteiger partial charge in [0.05, 0.1) is 18.9 Å². The second-order valence-electron chi connectivity index (χ2n) is 6.46. The van der Waals surface area contributed by atoms with Crippen molar-refractivity contribution in [2.45, 2.75) is 38.5 Å². The predicted molar refractivity (Wildman–Crippen MR) is 83.2 cm³/mol. The summed E-state index contributed by atoms with van der Waals surface area (Å²) < 4.78 is 5.70. The van der Waals surface area contributed by atoms with E-state index in [4.69, 9.17) is 4.74 Å². The lowest BCUT2D eigenvalue weighted by atomic mass is 9.88. The van der Waals surface area contributed by atoms with E-state index in [1.165, 1.54) is 19.3 Å². The number of amides is 1. The van der Waals surface area contributed by atoms with Crippen LogP contribution >= 0.6 is 0 Å². The number of carbonyl (C=O) groups excluding carboxylic acids is 1. The highest BCUT2D eigenvalue weighted by Gasteiger charge is 2.29. The Balaban J connectivity index is 1.60. The van der Waals surface area contributed by atoms with E-state index in [1.54, 1.807) is 18.6 Å². The summed E-state index contributed by atoms with van der Waals surface area (Å²) in [4.78, 5) is 23.2. The molecule has 1 atom stereocenters. The zero-order valence-corrected chi connectivity index (χ0v) is 13.1. The quantitative estimate of drug-likeness (QED) is 0.858. The second kappa shape index (κ2) is 7.68.